The van der Waals surface area contributed by atoms with Crippen LogP contribution in [0, 0.1) is 45.6 Å². The van der Waals surface area contributed by atoms with Gasteiger partial charge in [-0.15, -0.1) is 0 Å². The Morgan fingerprint density at radius 3 is 1.37 bits per heavy atom. The highest BCUT2D eigenvalue weighted by molar-refractivity contribution is 6.12. The Labute approximate surface area is 356 Å². The molecule has 0 saturated carbocycles. The molecule has 0 saturated heterocycles. The molecule has 2 heterocycles. The predicted molar refractivity (Wildman–Crippen MR) is 246 cm³/mol. The molecule has 0 bridgehead atoms. The second kappa shape index (κ2) is 14.4. The summed E-state index contributed by atoms with van der Waals surface area (Å²) in [5, 5.41) is 15.1. The first kappa shape index (κ1) is 38.3. The van der Waals surface area contributed by atoms with E-state index in [1.54, 1.807) is 12.1 Å². The Morgan fingerprint density at radius 2 is 0.935 bits per heavy atom. The summed E-state index contributed by atoms with van der Waals surface area (Å²) < 4.78 is 49.2. The van der Waals surface area contributed by atoms with E-state index in [9.17, 15) is 5.26 Å². The topological polar surface area (TPSA) is 38.0 Å². The first-order valence-corrected chi connectivity index (χ1v) is 20.3. The summed E-state index contributed by atoms with van der Waals surface area (Å²) in [4.78, 5) is 3.62. The Bertz CT molecular complexity index is 3360. The van der Waals surface area contributed by atoms with Crippen molar-refractivity contribution in [3.8, 4) is 50.8 Å². The van der Waals surface area contributed by atoms with Crippen LogP contribution >= 0.6 is 0 Å². The molecule has 0 fully saturated rings. The van der Waals surface area contributed by atoms with Crippen LogP contribution in [0.15, 0.2) is 152 Å². The van der Waals surface area contributed by atoms with Crippen LogP contribution in [0.25, 0.3) is 93.2 Å². The smallest absolute Gasteiger partial charge is 0.308 e. The number of rotatable bonds is 5. The number of nitrogens with zero attached hydrogens (tertiary/aromatic N) is 4. The van der Waals surface area contributed by atoms with E-state index in [4.69, 9.17) is 6.57 Å². The van der Waals surface area contributed by atoms with Gasteiger partial charge >= 0.3 is 6.18 Å². The van der Waals surface area contributed by atoms with Crippen LogP contribution in [-0.2, 0) is 6.18 Å². The lowest BCUT2D eigenvalue weighted by Gasteiger charge is -2.21. The van der Waals surface area contributed by atoms with Crippen LogP contribution in [0.3, 0.4) is 0 Å². The summed E-state index contributed by atoms with van der Waals surface area (Å²) in [5.41, 5.74) is 11.9. The number of para-hydroxylation sites is 2. The van der Waals surface area contributed by atoms with Crippen molar-refractivity contribution in [2.75, 3.05) is 0 Å². The molecule has 0 N–H and O–H groups in total. The molecule has 7 heteroatoms. The largest absolute Gasteiger partial charge is 0.415 e. The maximum absolute atomic E-state index is 15.1. The van der Waals surface area contributed by atoms with Gasteiger partial charge in [0, 0.05) is 21.5 Å². The number of alkyl halides is 3. The van der Waals surface area contributed by atoms with Crippen molar-refractivity contribution in [3.63, 3.8) is 0 Å². The van der Waals surface area contributed by atoms with Crippen molar-refractivity contribution in [1.82, 2.24) is 9.13 Å². The monoisotopic (exact) mass is 810 g/mol. The first-order chi connectivity index (χ1) is 29.9. The van der Waals surface area contributed by atoms with Gasteiger partial charge in [-0.2, -0.15) is 18.4 Å². The number of aromatic nitrogens is 2. The molecular formula is C55H37F3N4. The average molecular weight is 811 g/mol. The van der Waals surface area contributed by atoms with Gasteiger partial charge in [0.2, 0.25) is 0 Å². The number of benzene rings is 8. The van der Waals surface area contributed by atoms with Crippen molar-refractivity contribution in [2.45, 2.75) is 33.9 Å². The van der Waals surface area contributed by atoms with Gasteiger partial charge in [-0.05, 0) is 110 Å². The molecule has 2 aromatic heterocycles. The lowest BCUT2D eigenvalue weighted by atomic mass is 9.94. The standard InChI is InChI=1S/C55H37F3N4/c1-32-21-33(2)24-38(23-32)36-17-19-50-43(27-36)41-11-6-8-15-48(41)61(50)52-29-40(54-46(55(56,57)58)13-10-14-47(54)60-5)30-53(45(52)31-59)62-49-16-9-7-12-42(49)44-28-37(18-20-51(44)62)39-25-34(3)22-35(4)26-39/h6-30H,1-4H3. The highest BCUT2D eigenvalue weighted by atomic mass is 19.4. The lowest BCUT2D eigenvalue weighted by molar-refractivity contribution is -0.137. The SMILES string of the molecule is [C-]#[N+]c1cccc(C(F)(F)F)c1-c1cc(-n2c3ccccc3c3cc(-c4cc(C)cc(C)c4)ccc32)c(C#N)c(-n2c3ccccc3c3cc(-c4cc(C)cc(C)c4)ccc32)c1. The van der Waals surface area contributed by atoms with Crippen molar-refractivity contribution in [2.24, 2.45) is 0 Å². The zero-order chi connectivity index (χ0) is 43.0. The average Bonchev–Trinajstić information content (AvgIpc) is 3.76. The van der Waals surface area contributed by atoms with E-state index in [1.165, 1.54) is 12.1 Å². The fraction of sp³-hybridized carbons (Fsp3) is 0.0909. The van der Waals surface area contributed by atoms with Gasteiger partial charge < -0.3 is 9.13 Å². The third-order valence-corrected chi connectivity index (χ3v) is 11.9. The van der Waals surface area contributed by atoms with E-state index < -0.39 is 11.7 Å². The van der Waals surface area contributed by atoms with Crippen LogP contribution in [-0.4, -0.2) is 9.13 Å². The van der Waals surface area contributed by atoms with E-state index in [0.717, 1.165) is 94.2 Å². The summed E-state index contributed by atoms with van der Waals surface area (Å²) in [5.74, 6) is 0. The van der Waals surface area contributed by atoms with Gasteiger partial charge in [-0.3, -0.25) is 0 Å². The van der Waals surface area contributed by atoms with Crippen molar-refractivity contribution < 1.29 is 13.2 Å². The molecule has 0 aliphatic carbocycles. The Kier molecular flexibility index (Phi) is 8.91. The van der Waals surface area contributed by atoms with Crippen LogP contribution < -0.4 is 0 Å². The second-order valence-corrected chi connectivity index (χ2v) is 16.2. The number of fused-ring (bicyclic) bond motifs is 6. The van der Waals surface area contributed by atoms with Crippen molar-refractivity contribution in [1.29, 1.82) is 5.26 Å². The minimum Gasteiger partial charge on any atom is -0.308 e. The fourth-order valence-corrected chi connectivity index (χ4v) is 9.50. The highest BCUT2D eigenvalue weighted by Crippen LogP contribution is 2.46. The van der Waals surface area contributed by atoms with Gasteiger partial charge in [-0.1, -0.05) is 125 Å². The normalized spacial score (nSPS) is 11.8. The van der Waals surface area contributed by atoms with Crippen LogP contribution in [0.1, 0.15) is 33.4 Å². The molecule has 10 aromatic rings. The molecule has 0 aliphatic heterocycles. The Morgan fingerprint density at radius 1 is 0.484 bits per heavy atom. The van der Waals surface area contributed by atoms with Crippen LogP contribution in [0.2, 0.25) is 0 Å². The van der Waals surface area contributed by atoms with Crippen LogP contribution in [0.4, 0.5) is 18.9 Å². The number of halogens is 3. The number of aryl methyl sites for hydroxylation is 4. The fourth-order valence-electron chi connectivity index (χ4n) is 9.50. The van der Waals surface area contributed by atoms with E-state index in [0.29, 0.717) is 11.4 Å². The van der Waals surface area contributed by atoms with E-state index in [-0.39, 0.29) is 22.4 Å². The lowest BCUT2D eigenvalue weighted by Crippen LogP contribution is -2.09. The van der Waals surface area contributed by atoms with E-state index in [1.807, 2.05) is 69.8 Å². The number of nitriles is 1. The molecule has 4 nitrogen and oxygen atoms in total. The first-order valence-electron chi connectivity index (χ1n) is 20.3. The van der Waals surface area contributed by atoms with Crippen molar-refractivity contribution in [3.05, 3.63) is 196 Å². The third-order valence-electron chi connectivity index (χ3n) is 11.9. The van der Waals surface area contributed by atoms with Gasteiger partial charge in [0.05, 0.1) is 45.6 Å². The molecule has 0 aliphatic rings. The molecule has 0 unspecified atom stereocenters. The van der Waals surface area contributed by atoms with Gasteiger partial charge in [-0.25, -0.2) is 4.85 Å². The maximum Gasteiger partial charge on any atom is 0.415 e. The van der Waals surface area contributed by atoms with Crippen LogP contribution in [0.5, 0.6) is 0 Å². The molecule has 0 atom stereocenters. The summed E-state index contributed by atoms with van der Waals surface area (Å²) in [6, 6.07) is 50.7. The van der Waals surface area contributed by atoms with E-state index in [2.05, 4.69) is 99.3 Å². The van der Waals surface area contributed by atoms with E-state index >= 15 is 13.2 Å². The second-order valence-electron chi connectivity index (χ2n) is 16.2. The van der Waals surface area contributed by atoms with Gasteiger partial charge in [0.15, 0.2) is 5.69 Å². The maximum atomic E-state index is 15.1. The third kappa shape index (κ3) is 6.21. The molecule has 62 heavy (non-hydrogen) atoms. The minimum atomic E-state index is -4.76. The van der Waals surface area contributed by atoms with Gasteiger partial charge in [0.1, 0.15) is 11.6 Å². The molecule has 0 spiro atoms. The molecule has 0 radical (unpaired) electrons. The molecule has 10 rings (SSSR count). The summed E-state index contributed by atoms with van der Waals surface area (Å²) >= 11 is 0. The molecule has 0 amide bonds. The Balaban J connectivity index is 1.33. The molecular weight excluding hydrogens is 774 g/mol. The summed E-state index contributed by atoms with van der Waals surface area (Å²) in [7, 11) is 0. The summed E-state index contributed by atoms with van der Waals surface area (Å²) in [6.07, 6.45) is -4.76. The zero-order valence-corrected chi connectivity index (χ0v) is 34.4. The highest BCUT2D eigenvalue weighted by Gasteiger charge is 2.35. The van der Waals surface area contributed by atoms with Gasteiger partial charge in [0.25, 0.3) is 0 Å². The van der Waals surface area contributed by atoms with Crippen molar-refractivity contribution >= 4 is 49.3 Å². The predicted octanol–water partition coefficient (Wildman–Crippen LogP) is 15.6. The number of hydrogen-bond acceptors (Lipinski definition) is 1. The molecule has 8 aromatic carbocycles. The summed E-state index contributed by atoms with van der Waals surface area (Å²) in [6.45, 7) is 16.4. The molecule has 298 valence electrons. The quantitative estimate of drug-likeness (QED) is 0.160. The Hall–Kier alpha value is -7.87. The zero-order valence-electron chi connectivity index (χ0n) is 34.4. The minimum absolute atomic E-state index is 0.137. The number of hydrogen-bond donors (Lipinski definition) is 0.